The predicted molar refractivity (Wildman–Crippen MR) is 73.6 cm³/mol. The molecule has 1 aromatic heterocycles. The molecular weight excluding hydrogens is 232 g/mol. The Balaban J connectivity index is 2.34. The van der Waals surface area contributed by atoms with Crippen LogP contribution >= 0.6 is 11.6 Å². The van der Waals surface area contributed by atoms with Gasteiger partial charge in [0.1, 0.15) is 0 Å². The number of hydrogen-bond donors (Lipinski definition) is 1. The van der Waals surface area contributed by atoms with Gasteiger partial charge in [-0.05, 0) is 43.7 Å². The van der Waals surface area contributed by atoms with Gasteiger partial charge in [0.25, 0.3) is 0 Å². The summed E-state index contributed by atoms with van der Waals surface area (Å²) in [5.41, 5.74) is 2.29. The molecule has 17 heavy (non-hydrogen) atoms. The molecule has 0 saturated carbocycles. The number of benzene rings is 1. The Morgan fingerprint density at radius 1 is 1.35 bits per heavy atom. The minimum absolute atomic E-state index is 0.473. The second kappa shape index (κ2) is 5.48. The van der Waals surface area contributed by atoms with Gasteiger partial charge in [-0.3, -0.25) is 4.98 Å². The van der Waals surface area contributed by atoms with E-state index in [4.69, 9.17) is 11.6 Å². The normalized spacial score (nSPS) is 12.9. The molecule has 0 aliphatic carbocycles. The molecule has 0 radical (unpaired) electrons. The minimum atomic E-state index is 0.473. The maximum atomic E-state index is 5.97. The van der Waals surface area contributed by atoms with E-state index in [1.165, 1.54) is 10.9 Å². The lowest BCUT2D eigenvalue weighted by Crippen LogP contribution is -2.27. The summed E-state index contributed by atoms with van der Waals surface area (Å²) in [6.45, 7) is 5.32. The van der Waals surface area contributed by atoms with Crippen molar-refractivity contribution in [1.29, 1.82) is 0 Å². The highest BCUT2D eigenvalue weighted by Gasteiger charge is 2.06. The highest BCUT2D eigenvalue weighted by atomic mass is 35.5. The average molecular weight is 249 g/mol. The first kappa shape index (κ1) is 12.3. The van der Waals surface area contributed by atoms with Gasteiger partial charge in [-0.25, -0.2) is 0 Å². The molecule has 2 nitrogen and oxygen atoms in total. The lowest BCUT2D eigenvalue weighted by atomic mass is 10.0. The Morgan fingerprint density at radius 3 is 2.94 bits per heavy atom. The zero-order valence-corrected chi connectivity index (χ0v) is 11.0. The Bertz CT molecular complexity index is 511. The fourth-order valence-corrected chi connectivity index (χ4v) is 2.28. The second-order valence-electron chi connectivity index (χ2n) is 4.29. The molecule has 1 unspecified atom stereocenters. The molecule has 0 bridgehead atoms. The first-order chi connectivity index (χ1) is 8.20. The summed E-state index contributed by atoms with van der Waals surface area (Å²) in [7, 11) is 0. The van der Waals surface area contributed by atoms with Crippen molar-refractivity contribution in [3.05, 3.63) is 41.0 Å². The van der Waals surface area contributed by atoms with Crippen molar-refractivity contribution in [2.24, 2.45) is 0 Å². The summed E-state index contributed by atoms with van der Waals surface area (Å²) in [5.74, 6) is 0. The smallest absolute Gasteiger partial charge is 0.0719 e. The van der Waals surface area contributed by atoms with Gasteiger partial charge in [0.05, 0.1) is 5.52 Å². The molecule has 0 fully saturated rings. The lowest BCUT2D eigenvalue weighted by molar-refractivity contribution is 0.566. The zero-order chi connectivity index (χ0) is 12.3. The van der Waals surface area contributed by atoms with Gasteiger partial charge in [0, 0.05) is 22.6 Å². The number of likely N-dealkylation sites (N-methyl/N-ethyl adjacent to an activating group) is 1. The fraction of sp³-hybridized carbons (Fsp3) is 0.357. The van der Waals surface area contributed by atoms with Crippen LogP contribution in [0.3, 0.4) is 0 Å². The van der Waals surface area contributed by atoms with Crippen LogP contribution in [0.15, 0.2) is 30.5 Å². The molecule has 0 aliphatic heterocycles. The Kier molecular flexibility index (Phi) is 3.97. The summed E-state index contributed by atoms with van der Waals surface area (Å²) < 4.78 is 0. The topological polar surface area (TPSA) is 24.9 Å². The average Bonchev–Trinajstić information content (AvgIpc) is 2.29. The molecule has 3 heteroatoms. The number of halogens is 1. The minimum Gasteiger partial charge on any atom is -0.314 e. The second-order valence-corrected chi connectivity index (χ2v) is 4.73. The lowest BCUT2D eigenvalue weighted by Gasteiger charge is -2.13. The van der Waals surface area contributed by atoms with Gasteiger partial charge in [0.15, 0.2) is 0 Å². The molecule has 1 heterocycles. The molecule has 2 aromatic rings. The molecular formula is C14H17ClN2. The van der Waals surface area contributed by atoms with Crippen LogP contribution in [0.2, 0.25) is 5.02 Å². The van der Waals surface area contributed by atoms with Crippen LogP contribution in [0.1, 0.15) is 19.4 Å². The fourth-order valence-electron chi connectivity index (χ4n) is 2.11. The van der Waals surface area contributed by atoms with Crippen molar-refractivity contribution in [2.75, 3.05) is 6.54 Å². The summed E-state index contributed by atoms with van der Waals surface area (Å²) >= 11 is 5.97. The Morgan fingerprint density at radius 2 is 2.18 bits per heavy atom. The van der Waals surface area contributed by atoms with Gasteiger partial charge in [0.2, 0.25) is 0 Å². The summed E-state index contributed by atoms with van der Waals surface area (Å²) in [6, 6.07) is 8.45. The summed E-state index contributed by atoms with van der Waals surface area (Å²) in [4.78, 5) is 4.35. The van der Waals surface area contributed by atoms with Crippen molar-refractivity contribution in [3.8, 4) is 0 Å². The molecule has 0 amide bonds. The van der Waals surface area contributed by atoms with E-state index in [9.17, 15) is 0 Å². The van der Waals surface area contributed by atoms with Crippen molar-refractivity contribution in [1.82, 2.24) is 10.3 Å². The SMILES string of the molecule is CCNC(C)Cc1ccnc2cc(Cl)ccc12. The standard InChI is InChI=1S/C14H17ClN2/c1-3-16-10(2)8-11-6-7-17-14-9-12(15)4-5-13(11)14/h4-7,9-10,16H,3,8H2,1-2H3. The monoisotopic (exact) mass is 248 g/mol. The summed E-state index contributed by atoms with van der Waals surface area (Å²) in [5, 5.41) is 5.36. The van der Waals surface area contributed by atoms with Crippen molar-refractivity contribution >= 4 is 22.5 Å². The first-order valence-electron chi connectivity index (χ1n) is 5.97. The third kappa shape index (κ3) is 2.96. The van der Waals surface area contributed by atoms with E-state index in [0.29, 0.717) is 6.04 Å². The van der Waals surface area contributed by atoms with E-state index >= 15 is 0 Å². The van der Waals surface area contributed by atoms with Crippen molar-refractivity contribution in [3.63, 3.8) is 0 Å². The number of nitrogens with one attached hydrogen (secondary N) is 1. The third-order valence-corrected chi connectivity index (χ3v) is 3.11. The number of hydrogen-bond acceptors (Lipinski definition) is 2. The van der Waals surface area contributed by atoms with E-state index in [0.717, 1.165) is 23.5 Å². The molecule has 1 atom stereocenters. The maximum absolute atomic E-state index is 5.97. The number of nitrogens with zero attached hydrogens (tertiary/aromatic N) is 1. The van der Waals surface area contributed by atoms with Crippen LogP contribution < -0.4 is 5.32 Å². The number of aromatic nitrogens is 1. The zero-order valence-electron chi connectivity index (χ0n) is 10.2. The molecule has 1 aromatic carbocycles. The van der Waals surface area contributed by atoms with Crippen LogP contribution in [0, 0.1) is 0 Å². The Labute approximate surface area is 107 Å². The number of fused-ring (bicyclic) bond motifs is 1. The van der Waals surface area contributed by atoms with E-state index in [1.807, 2.05) is 18.3 Å². The molecule has 0 saturated heterocycles. The van der Waals surface area contributed by atoms with Gasteiger partial charge >= 0.3 is 0 Å². The Hall–Kier alpha value is -1.12. The number of pyridine rings is 1. The van der Waals surface area contributed by atoms with E-state index in [-0.39, 0.29) is 0 Å². The molecule has 0 spiro atoms. The third-order valence-electron chi connectivity index (χ3n) is 2.87. The van der Waals surface area contributed by atoms with Crippen LogP contribution in [0.25, 0.3) is 10.9 Å². The number of rotatable bonds is 4. The molecule has 1 N–H and O–H groups in total. The molecule has 2 rings (SSSR count). The largest absolute Gasteiger partial charge is 0.314 e. The molecule has 0 aliphatic rings. The predicted octanol–water partition coefficient (Wildman–Crippen LogP) is 3.43. The van der Waals surface area contributed by atoms with Crippen LogP contribution in [-0.2, 0) is 6.42 Å². The van der Waals surface area contributed by atoms with E-state index in [2.05, 4.69) is 36.3 Å². The van der Waals surface area contributed by atoms with Gasteiger partial charge in [-0.2, -0.15) is 0 Å². The van der Waals surface area contributed by atoms with Gasteiger partial charge < -0.3 is 5.32 Å². The van der Waals surface area contributed by atoms with Crippen LogP contribution in [0.4, 0.5) is 0 Å². The van der Waals surface area contributed by atoms with Crippen LogP contribution in [-0.4, -0.2) is 17.6 Å². The molecule has 90 valence electrons. The van der Waals surface area contributed by atoms with Crippen molar-refractivity contribution in [2.45, 2.75) is 26.3 Å². The highest BCUT2D eigenvalue weighted by Crippen LogP contribution is 2.21. The quantitative estimate of drug-likeness (QED) is 0.897. The maximum Gasteiger partial charge on any atom is 0.0719 e. The van der Waals surface area contributed by atoms with E-state index in [1.54, 1.807) is 0 Å². The van der Waals surface area contributed by atoms with Gasteiger partial charge in [-0.15, -0.1) is 0 Å². The first-order valence-corrected chi connectivity index (χ1v) is 6.35. The van der Waals surface area contributed by atoms with Crippen LogP contribution in [0.5, 0.6) is 0 Å². The highest BCUT2D eigenvalue weighted by molar-refractivity contribution is 6.31. The summed E-state index contributed by atoms with van der Waals surface area (Å²) in [6.07, 6.45) is 2.86. The van der Waals surface area contributed by atoms with Gasteiger partial charge in [-0.1, -0.05) is 24.6 Å². The van der Waals surface area contributed by atoms with E-state index < -0.39 is 0 Å². The van der Waals surface area contributed by atoms with Crippen molar-refractivity contribution < 1.29 is 0 Å².